The van der Waals surface area contributed by atoms with E-state index in [-0.39, 0.29) is 0 Å². The van der Waals surface area contributed by atoms with Crippen LogP contribution in [0.2, 0.25) is 0 Å². The Bertz CT molecular complexity index is 310. The molecule has 0 fully saturated rings. The van der Waals surface area contributed by atoms with Crippen LogP contribution >= 0.6 is 11.3 Å². The summed E-state index contributed by atoms with van der Waals surface area (Å²) in [7, 11) is 0. The molecule has 4 heteroatoms. The van der Waals surface area contributed by atoms with E-state index in [1.807, 2.05) is 19.2 Å². The highest BCUT2D eigenvalue weighted by Crippen LogP contribution is 2.19. The Morgan fingerprint density at radius 1 is 1.50 bits per heavy atom. The van der Waals surface area contributed by atoms with E-state index < -0.39 is 5.60 Å². The van der Waals surface area contributed by atoms with Gasteiger partial charge in [0.1, 0.15) is 0 Å². The lowest BCUT2D eigenvalue weighted by molar-refractivity contribution is 0.0515. The van der Waals surface area contributed by atoms with Crippen LogP contribution in [0.3, 0.4) is 0 Å². The molecule has 0 saturated carbocycles. The number of hydrogen-bond acceptors (Lipinski definition) is 4. The van der Waals surface area contributed by atoms with E-state index in [0.717, 1.165) is 36.6 Å². The van der Waals surface area contributed by atoms with Crippen molar-refractivity contribution in [2.45, 2.75) is 45.6 Å². The minimum Gasteiger partial charge on any atom is -0.390 e. The monoisotopic (exact) mass is 242 g/mol. The minimum absolute atomic E-state index is 0.648. The van der Waals surface area contributed by atoms with Crippen LogP contribution in [0.25, 0.3) is 0 Å². The molecule has 0 radical (unpaired) electrons. The van der Waals surface area contributed by atoms with Crippen molar-refractivity contribution in [3.8, 4) is 0 Å². The number of nitrogens with zero attached hydrogens (tertiary/aromatic N) is 1. The molecule has 0 amide bonds. The zero-order valence-electron chi connectivity index (χ0n) is 10.4. The van der Waals surface area contributed by atoms with Crippen LogP contribution in [0.5, 0.6) is 0 Å². The van der Waals surface area contributed by atoms with Crippen LogP contribution in [-0.2, 0) is 6.42 Å². The van der Waals surface area contributed by atoms with Gasteiger partial charge in [0.25, 0.3) is 0 Å². The van der Waals surface area contributed by atoms with Gasteiger partial charge in [-0.3, -0.25) is 0 Å². The maximum absolute atomic E-state index is 10.2. The van der Waals surface area contributed by atoms with Gasteiger partial charge in [-0.05, 0) is 39.8 Å². The van der Waals surface area contributed by atoms with E-state index in [1.54, 1.807) is 11.3 Å². The number of nitrogens with one attached hydrogen (secondary N) is 1. The van der Waals surface area contributed by atoms with Crippen molar-refractivity contribution in [1.29, 1.82) is 0 Å². The van der Waals surface area contributed by atoms with Gasteiger partial charge in [0.05, 0.1) is 10.6 Å². The summed E-state index contributed by atoms with van der Waals surface area (Å²) >= 11 is 1.63. The van der Waals surface area contributed by atoms with Crippen molar-refractivity contribution in [2.75, 3.05) is 13.1 Å². The number of hydrogen-bond donors (Lipinski definition) is 2. The van der Waals surface area contributed by atoms with Gasteiger partial charge in [-0.1, -0.05) is 6.92 Å². The summed E-state index contributed by atoms with van der Waals surface area (Å²) in [5, 5.41) is 16.6. The summed E-state index contributed by atoms with van der Waals surface area (Å²) in [5.74, 6) is 0. The Morgan fingerprint density at radius 2 is 2.25 bits per heavy atom. The summed E-state index contributed by atoms with van der Waals surface area (Å²) in [4.78, 5) is 4.38. The quantitative estimate of drug-likeness (QED) is 0.720. The van der Waals surface area contributed by atoms with Crippen molar-refractivity contribution >= 4 is 11.3 Å². The molecule has 92 valence electrons. The van der Waals surface area contributed by atoms with Gasteiger partial charge in [-0.15, -0.1) is 11.3 Å². The molecule has 0 saturated heterocycles. The second kappa shape index (κ2) is 6.33. The number of aliphatic hydroxyl groups is 1. The molecule has 0 aromatic carbocycles. The van der Waals surface area contributed by atoms with Crippen LogP contribution < -0.4 is 5.32 Å². The highest BCUT2D eigenvalue weighted by molar-refractivity contribution is 7.09. The highest BCUT2D eigenvalue weighted by Gasteiger charge is 2.21. The standard InChI is InChI=1S/C12H22N2OS/c1-4-6-13-7-5-12(3,15)8-11-14-10(2)9-16-11/h9,13,15H,4-8H2,1-3H3. The zero-order valence-corrected chi connectivity index (χ0v) is 11.2. The van der Waals surface area contributed by atoms with Crippen molar-refractivity contribution in [3.63, 3.8) is 0 Å². The molecule has 1 rings (SSSR count). The first-order chi connectivity index (χ1) is 7.53. The molecule has 1 unspecified atom stereocenters. The molecule has 0 aliphatic heterocycles. The van der Waals surface area contributed by atoms with Gasteiger partial charge in [0.2, 0.25) is 0 Å². The Hall–Kier alpha value is -0.450. The largest absolute Gasteiger partial charge is 0.390 e. The first-order valence-corrected chi connectivity index (χ1v) is 6.75. The zero-order chi connectivity index (χ0) is 12.0. The van der Waals surface area contributed by atoms with Crippen LogP contribution in [0.1, 0.15) is 37.4 Å². The van der Waals surface area contributed by atoms with E-state index >= 15 is 0 Å². The third-order valence-electron chi connectivity index (χ3n) is 2.47. The van der Waals surface area contributed by atoms with E-state index in [2.05, 4.69) is 17.2 Å². The Balaban J connectivity index is 2.33. The Labute approximate surface area is 102 Å². The van der Waals surface area contributed by atoms with E-state index in [1.165, 1.54) is 0 Å². The minimum atomic E-state index is -0.648. The predicted octanol–water partition coefficient (Wildman–Crippen LogP) is 2.13. The lowest BCUT2D eigenvalue weighted by Crippen LogP contribution is -2.32. The van der Waals surface area contributed by atoms with Crippen molar-refractivity contribution < 1.29 is 5.11 Å². The fourth-order valence-electron chi connectivity index (χ4n) is 1.56. The molecule has 1 heterocycles. The van der Waals surface area contributed by atoms with E-state index in [4.69, 9.17) is 0 Å². The summed E-state index contributed by atoms with van der Waals surface area (Å²) in [6, 6.07) is 0. The van der Waals surface area contributed by atoms with E-state index in [0.29, 0.717) is 6.42 Å². The number of thiazole rings is 1. The topological polar surface area (TPSA) is 45.1 Å². The average molecular weight is 242 g/mol. The molecule has 1 atom stereocenters. The molecule has 0 bridgehead atoms. The smallest absolute Gasteiger partial charge is 0.0956 e. The molecule has 0 aliphatic rings. The second-order valence-electron chi connectivity index (χ2n) is 4.56. The van der Waals surface area contributed by atoms with Crippen molar-refractivity contribution in [2.24, 2.45) is 0 Å². The SMILES string of the molecule is CCCNCCC(C)(O)Cc1nc(C)cs1. The van der Waals surface area contributed by atoms with Crippen molar-refractivity contribution in [3.05, 3.63) is 16.1 Å². The predicted molar refractivity (Wildman–Crippen MR) is 69.0 cm³/mol. The van der Waals surface area contributed by atoms with Gasteiger partial charge in [0.15, 0.2) is 0 Å². The summed E-state index contributed by atoms with van der Waals surface area (Å²) in [6.07, 6.45) is 2.55. The first-order valence-electron chi connectivity index (χ1n) is 5.87. The third-order valence-corrected chi connectivity index (χ3v) is 3.43. The third kappa shape index (κ3) is 5.05. The van der Waals surface area contributed by atoms with Crippen LogP contribution in [0.15, 0.2) is 5.38 Å². The second-order valence-corrected chi connectivity index (χ2v) is 5.50. The van der Waals surface area contributed by atoms with Gasteiger partial charge in [-0.2, -0.15) is 0 Å². The van der Waals surface area contributed by atoms with Gasteiger partial charge < -0.3 is 10.4 Å². The number of aromatic nitrogens is 1. The van der Waals surface area contributed by atoms with Gasteiger partial charge >= 0.3 is 0 Å². The van der Waals surface area contributed by atoms with Gasteiger partial charge in [0, 0.05) is 17.5 Å². The molecule has 1 aromatic heterocycles. The maximum Gasteiger partial charge on any atom is 0.0956 e. The summed E-state index contributed by atoms with van der Waals surface area (Å²) in [6.45, 7) is 7.90. The number of aryl methyl sites for hydroxylation is 1. The van der Waals surface area contributed by atoms with Crippen molar-refractivity contribution in [1.82, 2.24) is 10.3 Å². The molecule has 1 aromatic rings. The van der Waals surface area contributed by atoms with Gasteiger partial charge in [-0.25, -0.2) is 4.98 Å². The molecule has 0 aliphatic carbocycles. The fourth-order valence-corrected chi connectivity index (χ4v) is 2.51. The normalized spacial score (nSPS) is 15.0. The lowest BCUT2D eigenvalue weighted by atomic mass is 9.98. The molecule has 3 nitrogen and oxygen atoms in total. The first kappa shape index (κ1) is 13.6. The van der Waals surface area contributed by atoms with Crippen LogP contribution in [-0.4, -0.2) is 28.8 Å². The molecule has 16 heavy (non-hydrogen) atoms. The lowest BCUT2D eigenvalue weighted by Gasteiger charge is -2.22. The molecule has 2 N–H and O–H groups in total. The maximum atomic E-state index is 10.2. The van der Waals surface area contributed by atoms with Crippen LogP contribution in [0, 0.1) is 6.92 Å². The number of rotatable bonds is 7. The summed E-state index contributed by atoms with van der Waals surface area (Å²) in [5.41, 5.74) is 0.394. The van der Waals surface area contributed by atoms with E-state index in [9.17, 15) is 5.11 Å². The summed E-state index contributed by atoms with van der Waals surface area (Å²) < 4.78 is 0. The Kier molecular flexibility index (Phi) is 5.38. The molecular formula is C12H22N2OS. The average Bonchev–Trinajstić information content (AvgIpc) is 2.58. The fraction of sp³-hybridized carbons (Fsp3) is 0.750. The Morgan fingerprint density at radius 3 is 2.81 bits per heavy atom. The molecular weight excluding hydrogens is 220 g/mol. The van der Waals surface area contributed by atoms with Crippen LogP contribution in [0.4, 0.5) is 0 Å². The molecule has 0 spiro atoms. The highest BCUT2D eigenvalue weighted by atomic mass is 32.1.